The second-order valence-corrected chi connectivity index (χ2v) is 3.63. The van der Waals surface area contributed by atoms with Gasteiger partial charge in [0.05, 0.1) is 6.67 Å². The van der Waals surface area contributed by atoms with E-state index in [0.717, 1.165) is 12.8 Å². The van der Waals surface area contributed by atoms with Gasteiger partial charge in [-0.05, 0) is 31.6 Å². The van der Waals surface area contributed by atoms with E-state index in [-0.39, 0.29) is 19.1 Å². The first-order valence-corrected chi connectivity index (χ1v) is 4.20. The fourth-order valence-electron chi connectivity index (χ4n) is 2.30. The van der Waals surface area contributed by atoms with E-state index in [9.17, 15) is 4.39 Å². The maximum atomic E-state index is 12.2. The minimum atomic E-state index is -0.102. The van der Waals surface area contributed by atoms with Gasteiger partial charge < -0.3 is 5.32 Å². The zero-order valence-corrected chi connectivity index (χ0v) is 7.37. The van der Waals surface area contributed by atoms with Crippen LogP contribution in [0.1, 0.15) is 25.7 Å². The molecule has 2 bridgehead atoms. The monoisotopic (exact) mass is 179 g/mol. The highest BCUT2D eigenvalue weighted by molar-refractivity contribution is 5.85. The van der Waals surface area contributed by atoms with Crippen molar-refractivity contribution < 1.29 is 4.39 Å². The summed E-state index contributed by atoms with van der Waals surface area (Å²) < 4.78 is 12.2. The molecule has 2 aliphatic heterocycles. The summed E-state index contributed by atoms with van der Waals surface area (Å²) in [6.07, 6.45) is 4.71. The smallest absolute Gasteiger partial charge is 0.0923 e. The third kappa shape index (κ3) is 1.85. The molecule has 2 unspecified atom stereocenters. The first-order chi connectivity index (χ1) is 4.88. The molecule has 2 rings (SSSR count). The van der Waals surface area contributed by atoms with E-state index in [1.54, 1.807) is 0 Å². The topological polar surface area (TPSA) is 12.0 Å². The molecule has 2 heterocycles. The fraction of sp³-hybridized carbons (Fsp3) is 1.00. The molecule has 2 fully saturated rings. The van der Waals surface area contributed by atoms with E-state index in [2.05, 4.69) is 5.32 Å². The molecule has 1 N–H and O–H groups in total. The number of nitrogens with one attached hydrogen (secondary N) is 1. The van der Waals surface area contributed by atoms with Crippen molar-refractivity contribution >= 4 is 12.4 Å². The van der Waals surface area contributed by atoms with Crippen molar-refractivity contribution in [1.82, 2.24) is 5.32 Å². The number of alkyl halides is 1. The molecular weight excluding hydrogens is 165 g/mol. The molecule has 2 atom stereocenters. The molecule has 0 radical (unpaired) electrons. The Hall–Kier alpha value is 0.180. The van der Waals surface area contributed by atoms with Gasteiger partial charge in [-0.3, -0.25) is 4.39 Å². The summed E-state index contributed by atoms with van der Waals surface area (Å²) in [5, 5.41) is 3.49. The maximum absolute atomic E-state index is 12.2. The van der Waals surface area contributed by atoms with E-state index >= 15 is 0 Å². The van der Waals surface area contributed by atoms with Crippen LogP contribution in [0.15, 0.2) is 0 Å². The SMILES string of the molecule is Cl.FCC1CC2CCC(C1)N2. The second kappa shape index (κ2) is 3.72. The van der Waals surface area contributed by atoms with Crippen LogP contribution in [-0.4, -0.2) is 18.8 Å². The van der Waals surface area contributed by atoms with Crippen molar-refractivity contribution in [3.05, 3.63) is 0 Å². The number of halogens is 2. The van der Waals surface area contributed by atoms with Gasteiger partial charge in [0.2, 0.25) is 0 Å². The Kier molecular flexibility index (Phi) is 3.14. The van der Waals surface area contributed by atoms with E-state index in [0.29, 0.717) is 18.0 Å². The minimum absolute atomic E-state index is 0. The summed E-state index contributed by atoms with van der Waals surface area (Å²) in [7, 11) is 0. The molecule has 0 saturated carbocycles. The van der Waals surface area contributed by atoms with E-state index in [1.807, 2.05) is 0 Å². The van der Waals surface area contributed by atoms with Crippen LogP contribution in [0.4, 0.5) is 4.39 Å². The Morgan fingerprint density at radius 3 is 2.18 bits per heavy atom. The van der Waals surface area contributed by atoms with Gasteiger partial charge in [0.1, 0.15) is 0 Å². The third-order valence-electron chi connectivity index (χ3n) is 2.79. The third-order valence-corrected chi connectivity index (χ3v) is 2.79. The summed E-state index contributed by atoms with van der Waals surface area (Å²) in [6, 6.07) is 1.30. The predicted molar refractivity (Wildman–Crippen MR) is 45.9 cm³/mol. The average Bonchev–Trinajstić information content (AvgIpc) is 2.30. The maximum Gasteiger partial charge on any atom is 0.0923 e. The molecule has 0 aromatic rings. The molecule has 0 aromatic carbocycles. The molecule has 2 saturated heterocycles. The minimum Gasteiger partial charge on any atom is -0.311 e. The van der Waals surface area contributed by atoms with Crippen LogP contribution in [0.2, 0.25) is 0 Å². The Morgan fingerprint density at radius 2 is 1.73 bits per heavy atom. The van der Waals surface area contributed by atoms with E-state index < -0.39 is 0 Å². The van der Waals surface area contributed by atoms with Crippen LogP contribution >= 0.6 is 12.4 Å². The summed E-state index contributed by atoms with van der Waals surface area (Å²) in [5.74, 6) is 0.374. The first kappa shape index (κ1) is 9.27. The molecule has 11 heavy (non-hydrogen) atoms. The quantitative estimate of drug-likeness (QED) is 0.649. The van der Waals surface area contributed by atoms with Crippen LogP contribution in [0.25, 0.3) is 0 Å². The number of rotatable bonds is 1. The summed E-state index contributed by atoms with van der Waals surface area (Å²) in [6.45, 7) is -0.102. The van der Waals surface area contributed by atoms with E-state index in [1.165, 1.54) is 12.8 Å². The van der Waals surface area contributed by atoms with Crippen molar-refractivity contribution in [3.63, 3.8) is 0 Å². The van der Waals surface area contributed by atoms with Gasteiger partial charge in [-0.25, -0.2) is 0 Å². The first-order valence-electron chi connectivity index (χ1n) is 4.20. The molecule has 0 spiro atoms. The highest BCUT2D eigenvalue weighted by Crippen LogP contribution is 2.30. The highest BCUT2D eigenvalue weighted by atomic mass is 35.5. The molecule has 2 aliphatic rings. The Balaban J connectivity index is 0.000000605. The van der Waals surface area contributed by atoms with Crippen LogP contribution in [0.3, 0.4) is 0 Å². The van der Waals surface area contributed by atoms with Gasteiger partial charge in [-0.1, -0.05) is 0 Å². The lowest BCUT2D eigenvalue weighted by atomic mass is 9.94. The van der Waals surface area contributed by atoms with Crippen LogP contribution in [0, 0.1) is 5.92 Å². The molecule has 0 aromatic heterocycles. The van der Waals surface area contributed by atoms with Crippen molar-refractivity contribution in [2.45, 2.75) is 37.8 Å². The van der Waals surface area contributed by atoms with Crippen molar-refractivity contribution in [2.24, 2.45) is 5.92 Å². The number of hydrogen-bond acceptors (Lipinski definition) is 1. The normalized spacial score (nSPS) is 41.7. The van der Waals surface area contributed by atoms with Gasteiger partial charge in [-0.2, -0.15) is 0 Å². The Labute approximate surface area is 73.2 Å². The zero-order valence-electron chi connectivity index (χ0n) is 6.55. The summed E-state index contributed by atoms with van der Waals surface area (Å²) in [5.41, 5.74) is 0. The molecule has 0 aliphatic carbocycles. The number of piperidine rings is 1. The lowest BCUT2D eigenvalue weighted by Gasteiger charge is -2.26. The van der Waals surface area contributed by atoms with Crippen LogP contribution in [0.5, 0.6) is 0 Å². The molecule has 66 valence electrons. The standard InChI is InChI=1S/C8H14FN.ClH/c9-5-6-3-7-1-2-8(4-6)10-7;/h6-8,10H,1-5H2;1H. The van der Waals surface area contributed by atoms with Crippen molar-refractivity contribution in [3.8, 4) is 0 Å². The summed E-state index contributed by atoms with van der Waals surface area (Å²) >= 11 is 0. The Morgan fingerprint density at radius 1 is 1.18 bits per heavy atom. The van der Waals surface area contributed by atoms with Gasteiger partial charge in [0.25, 0.3) is 0 Å². The lowest BCUT2D eigenvalue weighted by molar-refractivity contribution is 0.246. The number of hydrogen-bond donors (Lipinski definition) is 1. The van der Waals surface area contributed by atoms with Gasteiger partial charge in [0.15, 0.2) is 0 Å². The second-order valence-electron chi connectivity index (χ2n) is 3.63. The van der Waals surface area contributed by atoms with Crippen LogP contribution < -0.4 is 5.32 Å². The van der Waals surface area contributed by atoms with Gasteiger partial charge in [0, 0.05) is 12.1 Å². The van der Waals surface area contributed by atoms with Crippen molar-refractivity contribution in [1.29, 1.82) is 0 Å². The summed E-state index contributed by atoms with van der Waals surface area (Å²) in [4.78, 5) is 0. The highest BCUT2D eigenvalue weighted by Gasteiger charge is 2.32. The van der Waals surface area contributed by atoms with Crippen LogP contribution in [-0.2, 0) is 0 Å². The molecular formula is C8H15ClFN. The largest absolute Gasteiger partial charge is 0.311 e. The zero-order chi connectivity index (χ0) is 6.97. The van der Waals surface area contributed by atoms with E-state index in [4.69, 9.17) is 0 Å². The average molecular weight is 180 g/mol. The fourth-order valence-corrected chi connectivity index (χ4v) is 2.30. The molecule has 1 nitrogen and oxygen atoms in total. The van der Waals surface area contributed by atoms with Crippen molar-refractivity contribution in [2.75, 3.05) is 6.67 Å². The molecule has 0 amide bonds. The van der Waals surface area contributed by atoms with Gasteiger partial charge >= 0.3 is 0 Å². The number of fused-ring (bicyclic) bond motifs is 2. The lowest BCUT2D eigenvalue weighted by Crippen LogP contribution is -2.38. The predicted octanol–water partition coefficient (Wildman–Crippen LogP) is 1.91. The Bertz CT molecular complexity index is 119. The van der Waals surface area contributed by atoms with Gasteiger partial charge in [-0.15, -0.1) is 12.4 Å². The molecule has 3 heteroatoms.